The van der Waals surface area contributed by atoms with Gasteiger partial charge in [0.25, 0.3) is 0 Å². The fourth-order valence-electron chi connectivity index (χ4n) is 2.52. The van der Waals surface area contributed by atoms with E-state index in [-0.39, 0.29) is 57.4 Å². The Balaban J connectivity index is 0.00000161. The standard InChI is InChI=1S/C18H15OSi.Al.BrH.Mg.3H/c19-20(16-10-4-1-5-11-16,17-12-6-2-7-13-17)18-14-8-3-9-15-18;;;;;;/h1-15H;;1H;;;;/q-1;;;+2;;;/p-1. The van der Waals surface area contributed by atoms with Crippen LogP contribution in [0.15, 0.2) is 91.0 Å². The summed E-state index contributed by atoms with van der Waals surface area (Å²) >= 11 is 0. The van der Waals surface area contributed by atoms with E-state index in [0.717, 1.165) is 15.6 Å². The predicted molar refractivity (Wildman–Crippen MR) is 99.7 cm³/mol. The number of hydrogen-bond acceptors (Lipinski definition) is 1. The molecule has 0 saturated carbocycles. The van der Waals surface area contributed by atoms with E-state index < -0.39 is 8.32 Å². The van der Waals surface area contributed by atoms with Crippen LogP contribution in [-0.4, -0.2) is 48.7 Å². The van der Waals surface area contributed by atoms with Crippen LogP contribution >= 0.6 is 0 Å². The van der Waals surface area contributed by atoms with Gasteiger partial charge in [0.1, 0.15) is 0 Å². The molecule has 3 aromatic rings. The van der Waals surface area contributed by atoms with Crippen LogP contribution in [0.5, 0.6) is 0 Å². The minimum absolute atomic E-state index is 0. The molecule has 3 aromatic carbocycles. The van der Waals surface area contributed by atoms with Gasteiger partial charge in [-0.25, -0.2) is 0 Å². The van der Waals surface area contributed by atoms with Crippen molar-refractivity contribution in [2.24, 2.45) is 0 Å². The largest absolute Gasteiger partial charge is 2.00 e. The van der Waals surface area contributed by atoms with Crippen molar-refractivity contribution in [1.29, 1.82) is 0 Å². The van der Waals surface area contributed by atoms with Gasteiger partial charge in [-0.3, -0.25) is 0 Å². The normalized spacial score (nSPS) is 9.78. The molecule has 0 atom stereocenters. The van der Waals surface area contributed by atoms with E-state index >= 15 is 0 Å². The predicted octanol–water partition coefficient (Wildman–Crippen LogP) is -3.55. The summed E-state index contributed by atoms with van der Waals surface area (Å²) in [6.07, 6.45) is 0. The summed E-state index contributed by atoms with van der Waals surface area (Å²) < 4.78 is 0. The van der Waals surface area contributed by atoms with E-state index in [1.54, 1.807) is 0 Å². The summed E-state index contributed by atoms with van der Waals surface area (Å²) in [5, 5.41) is 2.70. The van der Waals surface area contributed by atoms with Crippen molar-refractivity contribution < 1.29 is 21.8 Å². The third-order valence-corrected chi connectivity index (χ3v) is 6.98. The average Bonchev–Trinajstić information content (AvgIpc) is 2.56. The summed E-state index contributed by atoms with van der Waals surface area (Å²) in [6.45, 7) is 0. The molecule has 0 aliphatic carbocycles. The van der Waals surface area contributed by atoms with E-state index in [0.29, 0.717) is 0 Å². The minimum atomic E-state index is -3.13. The molecule has 0 aliphatic heterocycles. The summed E-state index contributed by atoms with van der Waals surface area (Å²) in [5.74, 6) is 0. The number of halogens is 1. The van der Waals surface area contributed by atoms with Gasteiger partial charge in [0.05, 0.1) is 8.32 Å². The maximum Gasteiger partial charge on any atom is 2.00 e. The fraction of sp³-hybridized carbons (Fsp3) is 0. The van der Waals surface area contributed by atoms with Gasteiger partial charge in [0.15, 0.2) is 17.4 Å². The second-order valence-corrected chi connectivity index (χ2v) is 7.87. The molecule has 0 N–H and O–H groups in total. The first-order chi connectivity index (χ1) is 9.82. The molecular formula is C18H18AlBrMgOSi. The van der Waals surface area contributed by atoms with Crippen LogP contribution in [0.25, 0.3) is 0 Å². The van der Waals surface area contributed by atoms with Gasteiger partial charge >= 0.3 is 23.1 Å². The van der Waals surface area contributed by atoms with Crippen molar-refractivity contribution in [3.63, 3.8) is 0 Å². The number of rotatable bonds is 3. The van der Waals surface area contributed by atoms with Crippen LogP contribution in [0.3, 0.4) is 0 Å². The molecule has 23 heavy (non-hydrogen) atoms. The minimum Gasteiger partial charge on any atom is -1.00 e. The van der Waals surface area contributed by atoms with Crippen molar-refractivity contribution in [1.82, 2.24) is 0 Å². The topological polar surface area (TPSA) is 23.1 Å². The number of hydrogen-bond donors (Lipinski definition) is 0. The van der Waals surface area contributed by atoms with E-state index in [1.807, 2.05) is 91.0 Å². The first-order valence-corrected chi connectivity index (χ1v) is 8.59. The molecule has 5 heteroatoms. The quantitative estimate of drug-likeness (QED) is 0.325. The Bertz CT molecular complexity index is 586. The Morgan fingerprint density at radius 1 is 0.522 bits per heavy atom. The van der Waals surface area contributed by atoms with Crippen molar-refractivity contribution in [2.45, 2.75) is 0 Å². The molecule has 0 aliphatic rings. The second-order valence-electron chi connectivity index (χ2n) is 4.78. The molecule has 0 unspecified atom stereocenters. The molecule has 112 valence electrons. The molecule has 0 aromatic heterocycles. The Kier molecular flexibility index (Phi) is 10.3. The van der Waals surface area contributed by atoms with Gasteiger partial charge in [-0.1, -0.05) is 107 Å². The summed E-state index contributed by atoms with van der Waals surface area (Å²) in [7, 11) is -3.13. The first kappa shape index (κ1) is 22.6. The molecule has 0 saturated heterocycles. The van der Waals surface area contributed by atoms with Gasteiger partial charge < -0.3 is 21.8 Å². The van der Waals surface area contributed by atoms with E-state index in [1.165, 1.54) is 0 Å². The summed E-state index contributed by atoms with van der Waals surface area (Å²) in [4.78, 5) is 13.8. The molecule has 0 bridgehead atoms. The second kappa shape index (κ2) is 10.5. The van der Waals surface area contributed by atoms with Crippen LogP contribution in [-0.2, 0) is 0 Å². The van der Waals surface area contributed by atoms with Crippen molar-refractivity contribution >= 4 is 64.3 Å². The smallest absolute Gasteiger partial charge is 1.00 e. The Labute approximate surface area is 176 Å². The van der Waals surface area contributed by atoms with Crippen molar-refractivity contribution in [3.05, 3.63) is 91.0 Å². The molecule has 0 heterocycles. The average molecular weight is 410 g/mol. The van der Waals surface area contributed by atoms with Gasteiger partial charge in [-0.15, -0.1) is 0 Å². The first-order valence-electron chi connectivity index (χ1n) is 6.69. The van der Waals surface area contributed by atoms with Crippen LogP contribution in [0.2, 0.25) is 0 Å². The molecule has 3 rings (SSSR count). The van der Waals surface area contributed by atoms with Gasteiger partial charge in [-0.05, 0) is 0 Å². The van der Waals surface area contributed by atoms with Gasteiger partial charge in [0, 0.05) is 0 Å². The third kappa shape index (κ3) is 4.80. The zero-order valence-electron chi connectivity index (χ0n) is 12.2. The monoisotopic (exact) mass is 408 g/mol. The molecule has 0 spiro atoms. The van der Waals surface area contributed by atoms with Crippen molar-refractivity contribution in [2.75, 3.05) is 0 Å². The SMILES string of the molecule is [AlH3].[Br-].[Mg+2].[O-][Si](c1ccccc1)(c1ccccc1)c1ccccc1. The van der Waals surface area contributed by atoms with E-state index in [2.05, 4.69) is 0 Å². The van der Waals surface area contributed by atoms with Gasteiger partial charge in [0.2, 0.25) is 0 Å². The summed E-state index contributed by atoms with van der Waals surface area (Å²) in [6, 6.07) is 29.3. The Morgan fingerprint density at radius 2 is 0.739 bits per heavy atom. The molecule has 0 radical (unpaired) electrons. The molecule has 0 fully saturated rings. The Hall–Kier alpha value is -0.384. The summed E-state index contributed by atoms with van der Waals surface area (Å²) in [5.41, 5.74) is 0. The van der Waals surface area contributed by atoms with Gasteiger partial charge in [-0.2, -0.15) is 0 Å². The van der Waals surface area contributed by atoms with E-state index in [4.69, 9.17) is 0 Å². The van der Waals surface area contributed by atoms with Crippen LogP contribution in [0.1, 0.15) is 0 Å². The third-order valence-electron chi connectivity index (χ3n) is 3.54. The van der Waals surface area contributed by atoms with Crippen LogP contribution in [0, 0.1) is 0 Å². The van der Waals surface area contributed by atoms with Crippen LogP contribution < -0.4 is 37.3 Å². The molecule has 1 nitrogen and oxygen atoms in total. The fourth-order valence-corrected chi connectivity index (χ4v) is 5.50. The zero-order chi connectivity index (χ0) is 13.8. The molecular weight excluding hydrogens is 391 g/mol. The van der Waals surface area contributed by atoms with Crippen LogP contribution in [0.4, 0.5) is 0 Å². The zero-order valence-corrected chi connectivity index (χ0v) is 16.2. The number of benzene rings is 3. The van der Waals surface area contributed by atoms with Crippen molar-refractivity contribution in [3.8, 4) is 0 Å². The molecule has 0 amide bonds. The Morgan fingerprint density at radius 3 is 0.957 bits per heavy atom. The maximum atomic E-state index is 13.8. The van der Waals surface area contributed by atoms with E-state index in [9.17, 15) is 4.80 Å². The maximum absolute atomic E-state index is 13.8.